The predicted molar refractivity (Wildman–Crippen MR) is 134 cm³/mol. The van der Waals surface area contributed by atoms with E-state index in [-0.39, 0.29) is 0 Å². The normalized spacial score (nSPS) is 12.7. The summed E-state index contributed by atoms with van der Waals surface area (Å²) in [6.45, 7) is 0. The molecule has 1 N–H and O–H groups in total. The number of aliphatic hydroxyl groups excluding tert-OH is 1. The Morgan fingerprint density at radius 2 is 0.968 bits per heavy atom. The van der Waals surface area contributed by atoms with Crippen LogP contribution in [-0.2, 0) is 6.42 Å². The van der Waals surface area contributed by atoms with Gasteiger partial charge in [0.1, 0.15) is 0 Å². The van der Waals surface area contributed by atoms with Gasteiger partial charge in [-0.25, -0.2) is 0 Å². The SMILES string of the molecule is OC(/C=C/[CH2][Sn]([c]1ccccc1)([c]1ccccc1)[c]1ccccc1)Cc1ccccc1. The summed E-state index contributed by atoms with van der Waals surface area (Å²) in [5.74, 6) is 0. The van der Waals surface area contributed by atoms with Crippen LogP contribution in [0.1, 0.15) is 5.56 Å². The van der Waals surface area contributed by atoms with Crippen LogP contribution >= 0.6 is 0 Å². The maximum absolute atomic E-state index is 10.6. The second-order valence-electron chi connectivity index (χ2n) is 7.89. The standard InChI is InChI=1S/C11H13O.3C6H5.Sn/c1-2-6-11(12)9-10-7-4-3-5-8-10;3*1-2-4-6-5-3-1;/h2-8,11-12H,1,9H2;3*1-5H;/b6-2+;;;;. The van der Waals surface area contributed by atoms with Crippen LogP contribution in [0.15, 0.2) is 133 Å². The van der Waals surface area contributed by atoms with Crippen molar-refractivity contribution in [2.45, 2.75) is 17.0 Å². The van der Waals surface area contributed by atoms with Crippen LogP contribution < -0.4 is 10.7 Å². The Morgan fingerprint density at radius 1 is 0.581 bits per heavy atom. The summed E-state index contributed by atoms with van der Waals surface area (Å²) in [7, 11) is 0. The van der Waals surface area contributed by atoms with Crippen LogP contribution in [-0.4, -0.2) is 29.6 Å². The topological polar surface area (TPSA) is 20.2 Å². The predicted octanol–water partition coefficient (Wildman–Crippen LogP) is 4.32. The maximum atomic E-state index is 10.6. The third-order valence-electron chi connectivity index (χ3n) is 5.87. The van der Waals surface area contributed by atoms with Gasteiger partial charge in [0.2, 0.25) is 0 Å². The first-order valence-electron chi connectivity index (χ1n) is 10.8. The molecule has 1 atom stereocenters. The summed E-state index contributed by atoms with van der Waals surface area (Å²) in [4.78, 5) is 0. The van der Waals surface area contributed by atoms with Gasteiger partial charge in [-0.1, -0.05) is 0 Å². The average molecular weight is 511 g/mol. The third kappa shape index (κ3) is 5.17. The molecule has 154 valence electrons. The zero-order chi connectivity index (χ0) is 21.4. The molecule has 1 nitrogen and oxygen atoms in total. The molecule has 0 aliphatic heterocycles. The molecule has 4 rings (SSSR count). The van der Waals surface area contributed by atoms with E-state index >= 15 is 0 Å². The Balaban J connectivity index is 1.72. The molecule has 0 spiro atoms. The summed E-state index contributed by atoms with van der Waals surface area (Å²) in [6.07, 6.45) is 4.39. The van der Waals surface area contributed by atoms with Crippen molar-refractivity contribution in [3.8, 4) is 0 Å². The molecule has 0 bridgehead atoms. The van der Waals surface area contributed by atoms with Gasteiger partial charge in [0, 0.05) is 0 Å². The fourth-order valence-electron chi connectivity index (χ4n) is 4.35. The van der Waals surface area contributed by atoms with Gasteiger partial charge < -0.3 is 0 Å². The van der Waals surface area contributed by atoms with Gasteiger partial charge in [-0.05, 0) is 0 Å². The van der Waals surface area contributed by atoms with Crippen molar-refractivity contribution < 1.29 is 5.11 Å². The van der Waals surface area contributed by atoms with E-state index in [2.05, 4.69) is 109 Å². The van der Waals surface area contributed by atoms with Crippen molar-refractivity contribution in [2.75, 3.05) is 0 Å². The molecular weight excluding hydrogens is 483 g/mol. The Kier molecular flexibility index (Phi) is 7.39. The molecule has 0 radical (unpaired) electrons. The van der Waals surface area contributed by atoms with Gasteiger partial charge in [0.25, 0.3) is 0 Å². The van der Waals surface area contributed by atoms with E-state index in [0.29, 0.717) is 6.42 Å². The van der Waals surface area contributed by atoms with Crippen molar-refractivity contribution in [1.29, 1.82) is 0 Å². The van der Waals surface area contributed by atoms with E-state index in [1.54, 1.807) is 0 Å². The Bertz CT molecular complexity index is 980. The van der Waals surface area contributed by atoms with Crippen molar-refractivity contribution in [1.82, 2.24) is 0 Å². The van der Waals surface area contributed by atoms with Crippen LogP contribution in [0.3, 0.4) is 0 Å². The van der Waals surface area contributed by atoms with Gasteiger partial charge in [0.05, 0.1) is 0 Å². The van der Waals surface area contributed by atoms with E-state index in [1.165, 1.54) is 10.7 Å². The molecule has 31 heavy (non-hydrogen) atoms. The molecule has 0 aliphatic carbocycles. The molecule has 2 heteroatoms. The van der Waals surface area contributed by atoms with E-state index < -0.39 is 24.5 Å². The second kappa shape index (κ2) is 10.6. The van der Waals surface area contributed by atoms with Crippen molar-refractivity contribution >= 4 is 29.1 Å². The number of benzene rings is 4. The van der Waals surface area contributed by atoms with E-state index in [9.17, 15) is 5.11 Å². The summed E-state index contributed by atoms with van der Waals surface area (Å²) in [5, 5.41) is 10.6. The average Bonchev–Trinajstić information content (AvgIpc) is 2.84. The molecule has 4 aromatic rings. The first kappa shape index (κ1) is 21.6. The van der Waals surface area contributed by atoms with Crippen molar-refractivity contribution in [3.05, 3.63) is 139 Å². The van der Waals surface area contributed by atoms with Crippen molar-refractivity contribution in [3.63, 3.8) is 0 Å². The van der Waals surface area contributed by atoms with E-state index in [1.807, 2.05) is 24.3 Å². The molecule has 0 aliphatic rings. The summed E-state index contributed by atoms with van der Waals surface area (Å²) < 4.78 is 5.34. The molecule has 0 saturated heterocycles. The minimum absolute atomic E-state index is 0.478. The van der Waals surface area contributed by atoms with Crippen LogP contribution in [0.25, 0.3) is 0 Å². The van der Waals surface area contributed by atoms with Crippen LogP contribution in [0, 0.1) is 0 Å². The van der Waals surface area contributed by atoms with Crippen LogP contribution in [0.2, 0.25) is 4.44 Å². The van der Waals surface area contributed by atoms with E-state index in [4.69, 9.17) is 0 Å². The fraction of sp³-hybridized carbons (Fsp3) is 0.103. The number of allylic oxidation sites excluding steroid dienone is 1. The number of rotatable bonds is 8. The zero-order valence-corrected chi connectivity index (χ0v) is 20.5. The summed E-state index contributed by atoms with van der Waals surface area (Å²) >= 11 is -3.28. The van der Waals surface area contributed by atoms with Gasteiger partial charge in [-0.2, -0.15) is 0 Å². The van der Waals surface area contributed by atoms with Gasteiger partial charge in [-0.15, -0.1) is 0 Å². The number of aliphatic hydroxyl groups is 1. The molecular formula is C29H28OSn. The summed E-state index contributed by atoms with van der Waals surface area (Å²) in [6, 6.07) is 43.2. The monoisotopic (exact) mass is 512 g/mol. The van der Waals surface area contributed by atoms with E-state index in [0.717, 1.165) is 10.0 Å². The molecule has 0 heterocycles. The first-order valence-corrected chi connectivity index (χ1v) is 17.1. The molecule has 0 fully saturated rings. The summed E-state index contributed by atoms with van der Waals surface area (Å²) in [5.41, 5.74) is 1.16. The quantitative estimate of drug-likeness (QED) is 0.276. The Labute approximate surface area is 189 Å². The van der Waals surface area contributed by atoms with Crippen molar-refractivity contribution in [2.24, 2.45) is 0 Å². The minimum atomic E-state index is -3.28. The third-order valence-corrected chi connectivity index (χ3v) is 19.6. The number of hydrogen-bond donors (Lipinski definition) is 1. The molecule has 0 amide bonds. The second-order valence-corrected chi connectivity index (χ2v) is 19.2. The molecule has 4 aromatic carbocycles. The fourth-order valence-corrected chi connectivity index (χ4v) is 17.1. The number of hydrogen-bond acceptors (Lipinski definition) is 1. The first-order chi connectivity index (χ1) is 15.3. The van der Waals surface area contributed by atoms with Crippen LogP contribution in [0.5, 0.6) is 0 Å². The molecule has 1 unspecified atom stereocenters. The Hall–Kier alpha value is -2.62. The van der Waals surface area contributed by atoms with Gasteiger partial charge in [-0.3, -0.25) is 0 Å². The van der Waals surface area contributed by atoms with Gasteiger partial charge >= 0.3 is 190 Å². The Morgan fingerprint density at radius 3 is 1.39 bits per heavy atom. The van der Waals surface area contributed by atoms with Gasteiger partial charge in [0.15, 0.2) is 0 Å². The van der Waals surface area contributed by atoms with Crippen LogP contribution in [0.4, 0.5) is 0 Å². The molecule has 0 aromatic heterocycles. The molecule has 0 saturated carbocycles. The zero-order valence-electron chi connectivity index (χ0n) is 17.6.